The fourth-order valence-corrected chi connectivity index (χ4v) is 1.10. The first-order valence-electron chi connectivity index (χ1n) is 3.46. The highest BCUT2D eigenvalue weighted by Crippen LogP contribution is 2.09. The molecule has 0 aliphatic heterocycles. The van der Waals surface area contributed by atoms with Gasteiger partial charge in [-0.2, -0.15) is 0 Å². The number of pyridine rings is 1. The number of imidazole rings is 1. The molecule has 0 bridgehead atoms. The summed E-state index contributed by atoms with van der Waals surface area (Å²) in [5.74, 6) is 0.681. The predicted molar refractivity (Wildman–Crippen MR) is 44.3 cm³/mol. The number of aromatic nitrogens is 2. The summed E-state index contributed by atoms with van der Waals surface area (Å²) in [5, 5.41) is 0. The normalized spacial score (nSPS) is 10.6. The minimum Gasteiger partial charge on any atom is -0.383 e. The summed E-state index contributed by atoms with van der Waals surface area (Å²) >= 11 is 0. The molecule has 3 nitrogen and oxygen atoms in total. The molecule has 0 fully saturated rings. The molecule has 0 aliphatic carbocycles. The highest BCUT2D eigenvalue weighted by Gasteiger charge is 1.96. The molecule has 2 aromatic rings. The smallest absolute Gasteiger partial charge is 0.138 e. The molecule has 2 rings (SSSR count). The maximum absolute atomic E-state index is 5.63. The van der Waals surface area contributed by atoms with Crippen molar-refractivity contribution in [1.82, 2.24) is 9.38 Å². The van der Waals surface area contributed by atoms with Crippen molar-refractivity contribution >= 4 is 11.5 Å². The van der Waals surface area contributed by atoms with Gasteiger partial charge in [-0.05, 0) is 24.6 Å². The molecule has 0 saturated heterocycles. The second-order valence-corrected chi connectivity index (χ2v) is 2.62. The molecule has 2 heterocycles. The van der Waals surface area contributed by atoms with Crippen LogP contribution >= 0.6 is 0 Å². The van der Waals surface area contributed by atoms with Gasteiger partial charge >= 0.3 is 0 Å². The number of hydrogen-bond donors (Lipinski definition) is 1. The van der Waals surface area contributed by atoms with Gasteiger partial charge in [0, 0.05) is 6.20 Å². The van der Waals surface area contributed by atoms with Gasteiger partial charge in [0.2, 0.25) is 0 Å². The lowest BCUT2D eigenvalue weighted by Gasteiger charge is -1.95. The minimum absolute atomic E-state index is 0.681. The van der Waals surface area contributed by atoms with Crippen LogP contribution < -0.4 is 5.73 Å². The van der Waals surface area contributed by atoms with E-state index in [4.69, 9.17) is 5.73 Å². The molecule has 0 radical (unpaired) electrons. The third-order valence-corrected chi connectivity index (χ3v) is 1.70. The van der Waals surface area contributed by atoms with Crippen LogP contribution in [0.3, 0.4) is 0 Å². The van der Waals surface area contributed by atoms with Crippen molar-refractivity contribution in [2.75, 3.05) is 5.73 Å². The molecule has 0 unspecified atom stereocenters. The Kier molecular flexibility index (Phi) is 1.12. The minimum atomic E-state index is 0.681. The van der Waals surface area contributed by atoms with Crippen LogP contribution in [-0.2, 0) is 0 Å². The van der Waals surface area contributed by atoms with Gasteiger partial charge in [0.05, 0.1) is 6.20 Å². The van der Waals surface area contributed by atoms with E-state index < -0.39 is 0 Å². The molecule has 2 aromatic heterocycles. The Bertz CT molecular complexity index is 389. The number of anilines is 1. The Balaban J connectivity index is 2.86. The van der Waals surface area contributed by atoms with Crippen LogP contribution in [0.4, 0.5) is 5.82 Å². The number of fused-ring (bicyclic) bond motifs is 1. The van der Waals surface area contributed by atoms with Crippen LogP contribution in [-0.4, -0.2) is 9.38 Å². The Labute approximate surface area is 64.5 Å². The Morgan fingerprint density at radius 1 is 1.55 bits per heavy atom. The van der Waals surface area contributed by atoms with Gasteiger partial charge in [0.1, 0.15) is 11.5 Å². The largest absolute Gasteiger partial charge is 0.383 e. The van der Waals surface area contributed by atoms with E-state index in [9.17, 15) is 0 Å². The highest BCUT2D eigenvalue weighted by atomic mass is 15.1. The quantitative estimate of drug-likeness (QED) is 0.609. The molecular formula is C8H9N3. The van der Waals surface area contributed by atoms with Crippen molar-refractivity contribution in [3.05, 3.63) is 30.1 Å². The van der Waals surface area contributed by atoms with E-state index >= 15 is 0 Å². The van der Waals surface area contributed by atoms with Crippen molar-refractivity contribution in [3.8, 4) is 0 Å². The van der Waals surface area contributed by atoms with Crippen LogP contribution in [0.5, 0.6) is 0 Å². The molecule has 0 aromatic carbocycles. The summed E-state index contributed by atoms with van der Waals surface area (Å²) in [7, 11) is 0. The predicted octanol–water partition coefficient (Wildman–Crippen LogP) is 1.22. The van der Waals surface area contributed by atoms with E-state index in [0.717, 1.165) is 5.65 Å². The number of rotatable bonds is 0. The Morgan fingerprint density at radius 2 is 2.36 bits per heavy atom. The van der Waals surface area contributed by atoms with E-state index in [-0.39, 0.29) is 0 Å². The fraction of sp³-hybridized carbons (Fsp3) is 0.125. The van der Waals surface area contributed by atoms with Gasteiger partial charge in [-0.25, -0.2) is 4.98 Å². The summed E-state index contributed by atoms with van der Waals surface area (Å²) in [6, 6.07) is 4.00. The first-order valence-corrected chi connectivity index (χ1v) is 3.46. The second kappa shape index (κ2) is 1.99. The standard InChI is InChI=1S/C8H9N3/c1-6-2-3-11-7(9)5-10-8(11)4-6/h2-5H,9H2,1H3. The van der Waals surface area contributed by atoms with Crippen LogP contribution in [0.1, 0.15) is 5.56 Å². The zero-order valence-corrected chi connectivity index (χ0v) is 6.28. The first-order chi connectivity index (χ1) is 5.27. The average molecular weight is 147 g/mol. The molecule has 56 valence electrons. The molecule has 0 saturated carbocycles. The third-order valence-electron chi connectivity index (χ3n) is 1.70. The summed E-state index contributed by atoms with van der Waals surface area (Å²) in [5.41, 5.74) is 7.73. The van der Waals surface area contributed by atoms with Gasteiger partial charge in [-0.1, -0.05) is 0 Å². The van der Waals surface area contributed by atoms with E-state index in [1.54, 1.807) is 6.20 Å². The van der Waals surface area contributed by atoms with Gasteiger partial charge in [-0.3, -0.25) is 4.40 Å². The molecule has 0 aliphatic rings. The first kappa shape index (κ1) is 6.22. The molecule has 0 atom stereocenters. The molecule has 0 amide bonds. The number of nitrogens with two attached hydrogens (primary N) is 1. The molecular weight excluding hydrogens is 138 g/mol. The topological polar surface area (TPSA) is 43.3 Å². The summed E-state index contributed by atoms with van der Waals surface area (Å²) in [4.78, 5) is 4.12. The Morgan fingerprint density at radius 3 is 3.18 bits per heavy atom. The van der Waals surface area contributed by atoms with E-state index in [1.807, 2.05) is 29.7 Å². The molecule has 11 heavy (non-hydrogen) atoms. The number of nitrogen functional groups attached to an aromatic ring is 1. The van der Waals surface area contributed by atoms with E-state index in [1.165, 1.54) is 5.56 Å². The lowest BCUT2D eigenvalue weighted by atomic mass is 10.3. The van der Waals surface area contributed by atoms with Gasteiger partial charge in [0.25, 0.3) is 0 Å². The van der Waals surface area contributed by atoms with Crippen molar-refractivity contribution in [2.45, 2.75) is 6.92 Å². The summed E-state index contributed by atoms with van der Waals surface area (Å²) in [6.45, 7) is 2.03. The third kappa shape index (κ3) is 0.852. The maximum Gasteiger partial charge on any atom is 0.138 e. The number of hydrogen-bond acceptors (Lipinski definition) is 2. The van der Waals surface area contributed by atoms with E-state index in [0.29, 0.717) is 5.82 Å². The number of nitrogens with zero attached hydrogens (tertiary/aromatic N) is 2. The highest BCUT2D eigenvalue weighted by molar-refractivity contribution is 5.49. The zero-order chi connectivity index (χ0) is 7.84. The van der Waals surface area contributed by atoms with Crippen molar-refractivity contribution < 1.29 is 0 Å². The van der Waals surface area contributed by atoms with Crippen LogP contribution in [0.15, 0.2) is 24.5 Å². The van der Waals surface area contributed by atoms with Gasteiger partial charge < -0.3 is 5.73 Å². The zero-order valence-electron chi connectivity index (χ0n) is 6.28. The van der Waals surface area contributed by atoms with Gasteiger partial charge in [0.15, 0.2) is 0 Å². The van der Waals surface area contributed by atoms with Crippen molar-refractivity contribution in [1.29, 1.82) is 0 Å². The van der Waals surface area contributed by atoms with Crippen LogP contribution in [0.2, 0.25) is 0 Å². The van der Waals surface area contributed by atoms with Gasteiger partial charge in [-0.15, -0.1) is 0 Å². The molecule has 0 spiro atoms. The maximum atomic E-state index is 5.63. The molecule has 2 N–H and O–H groups in total. The number of aryl methyl sites for hydroxylation is 1. The Hall–Kier alpha value is -1.51. The fourth-order valence-electron chi connectivity index (χ4n) is 1.10. The lowest BCUT2D eigenvalue weighted by Crippen LogP contribution is -1.91. The second-order valence-electron chi connectivity index (χ2n) is 2.62. The monoisotopic (exact) mass is 147 g/mol. The van der Waals surface area contributed by atoms with Crippen molar-refractivity contribution in [2.24, 2.45) is 0 Å². The van der Waals surface area contributed by atoms with E-state index in [2.05, 4.69) is 4.98 Å². The summed E-state index contributed by atoms with van der Waals surface area (Å²) in [6.07, 6.45) is 3.59. The van der Waals surface area contributed by atoms with Crippen LogP contribution in [0.25, 0.3) is 5.65 Å². The van der Waals surface area contributed by atoms with Crippen molar-refractivity contribution in [3.63, 3.8) is 0 Å². The SMILES string of the molecule is Cc1ccn2c(N)cnc2c1. The van der Waals surface area contributed by atoms with Crippen LogP contribution in [0, 0.1) is 6.92 Å². The summed E-state index contributed by atoms with van der Waals surface area (Å²) < 4.78 is 1.85. The molecule has 3 heteroatoms. The lowest BCUT2D eigenvalue weighted by molar-refractivity contribution is 1.18. The average Bonchev–Trinajstić information content (AvgIpc) is 2.32.